The molecule has 0 aliphatic carbocycles. The van der Waals surface area contributed by atoms with E-state index in [4.69, 9.17) is 15.2 Å². The number of carbonyl (C=O) groups is 1. The van der Waals surface area contributed by atoms with E-state index in [9.17, 15) is 4.79 Å². The third-order valence-electron chi connectivity index (χ3n) is 3.98. The number of likely N-dealkylation sites (N-methyl/N-ethyl adjacent to an activating group) is 1. The van der Waals surface area contributed by atoms with Crippen LogP contribution in [0.4, 0.5) is 0 Å². The average molecular weight is 307 g/mol. The first-order chi connectivity index (χ1) is 10.6. The van der Waals surface area contributed by atoms with Crippen LogP contribution in [0.2, 0.25) is 0 Å². The summed E-state index contributed by atoms with van der Waals surface area (Å²) in [5.74, 6) is 1.55. The van der Waals surface area contributed by atoms with Crippen molar-refractivity contribution in [1.82, 2.24) is 10.2 Å². The fraction of sp³-hybridized carbons (Fsp3) is 0.562. The number of nitrogens with two attached hydrogens (primary N) is 1. The number of likely N-dealkylation sites (tertiary alicyclic amines) is 1. The smallest absolute Gasteiger partial charge is 0.237 e. The highest BCUT2D eigenvalue weighted by Gasteiger charge is 2.35. The second kappa shape index (κ2) is 7.47. The Labute approximate surface area is 131 Å². The normalized spacial score (nSPS) is 21.6. The first-order valence-electron chi connectivity index (χ1n) is 7.57. The number of nitrogens with one attached hydrogen (secondary N) is 1. The molecule has 0 aromatic heterocycles. The maximum absolute atomic E-state index is 12.2. The van der Waals surface area contributed by atoms with Gasteiger partial charge in [0.2, 0.25) is 5.91 Å². The maximum atomic E-state index is 12.2. The Hall–Kier alpha value is -1.79. The van der Waals surface area contributed by atoms with E-state index >= 15 is 0 Å². The molecule has 1 amide bonds. The molecule has 1 aromatic rings. The largest absolute Gasteiger partial charge is 0.496 e. The van der Waals surface area contributed by atoms with Crippen molar-refractivity contribution in [3.8, 4) is 11.5 Å². The number of nitrogens with zero attached hydrogens (tertiary/aromatic N) is 1. The van der Waals surface area contributed by atoms with Gasteiger partial charge < -0.3 is 20.5 Å². The van der Waals surface area contributed by atoms with Crippen LogP contribution in [0.5, 0.6) is 11.5 Å². The Morgan fingerprint density at radius 1 is 1.36 bits per heavy atom. The summed E-state index contributed by atoms with van der Waals surface area (Å²) >= 11 is 0. The predicted octanol–water partition coefficient (Wildman–Crippen LogP) is 0.742. The second-order valence-corrected chi connectivity index (χ2v) is 5.48. The lowest BCUT2D eigenvalue weighted by Gasteiger charge is -2.25. The molecule has 6 heteroatoms. The number of hydrogen-bond donors (Lipinski definition) is 2. The van der Waals surface area contributed by atoms with Gasteiger partial charge in [-0.1, -0.05) is 6.07 Å². The van der Waals surface area contributed by atoms with Crippen LogP contribution in [-0.4, -0.2) is 50.2 Å². The van der Waals surface area contributed by atoms with E-state index in [1.54, 1.807) is 14.2 Å². The lowest BCUT2D eigenvalue weighted by Crippen LogP contribution is -2.42. The molecule has 3 N–H and O–H groups in total. The third-order valence-corrected chi connectivity index (χ3v) is 3.98. The summed E-state index contributed by atoms with van der Waals surface area (Å²) < 4.78 is 10.9. The molecule has 6 nitrogen and oxygen atoms in total. The Bertz CT molecular complexity index is 499. The van der Waals surface area contributed by atoms with E-state index in [1.807, 2.05) is 25.1 Å². The minimum atomic E-state index is -0.204. The fourth-order valence-corrected chi connectivity index (χ4v) is 2.97. The van der Waals surface area contributed by atoms with Gasteiger partial charge in [-0.05, 0) is 25.5 Å². The van der Waals surface area contributed by atoms with Gasteiger partial charge in [0.25, 0.3) is 0 Å². The standard InChI is InChI=1S/C16H25N3O3/c1-4-18-16(20)13-8-11(17)9-19(13)10-12-14(21-2)6-5-7-15(12)22-3/h5-7,11,13H,4,8-10,17H2,1-3H3,(H,18,20)/t11-,13-/m0/s1. The van der Waals surface area contributed by atoms with Crippen LogP contribution in [0.25, 0.3) is 0 Å². The Morgan fingerprint density at radius 3 is 2.55 bits per heavy atom. The first kappa shape index (κ1) is 16.6. The summed E-state index contributed by atoms with van der Waals surface area (Å²) in [6.07, 6.45) is 0.670. The van der Waals surface area contributed by atoms with Crippen LogP contribution >= 0.6 is 0 Å². The molecule has 2 atom stereocenters. The molecule has 0 unspecified atom stereocenters. The molecule has 0 bridgehead atoms. The van der Waals surface area contributed by atoms with Crippen molar-refractivity contribution in [1.29, 1.82) is 0 Å². The van der Waals surface area contributed by atoms with E-state index in [1.165, 1.54) is 0 Å². The van der Waals surface area contributed by atoms with Crippen molar-refractivity contribution in [2.24, 2.45) is 5.73 Å². The molecule has 22 heavy (non-hydrogen) atoms. The quantitative estimate of drug-likeness (QED) is 0.811. The summed E-state index contributed by atoms with van der Waals surface area (Å²) in [7, 11) is 3.27. The molecule has 0 radical (unpaired) electrons. The van der Waals surface area contributed by atoms with Crippen molar-refractivity contribution in [3.05, 3.63) is 23.8 Å². The number of carbonyl (C=O) groups excluding carboxylic acids is 1. The summed E-state index contributed by atoms with van der Waals surface area (Å²) in [5.41, 5.74) is 7.00. The number of hydrogen-bond acceptors (Lipinski definition) is 5. The Morgan fingerprint density at radius 2 is 2.00 bits per heavy atom. The topological polar surface area (TPSA) is 76.8 Å². The summed E-state index contributed by atoms with van der Waals surface area (Å²) in [6.45, 7) is 3.79. The van der Waals surface area contributed by atoms with Crippen LogP contribution in [0.15, 0.2) is 18.2 Å². The highest BCUT2D eigenvalue weighted by molar-refractivity contribution is 5.82. The summed E-state index contributed by atoms with van der Waals surface area (Å²) in [4.78, 5) is 14.3. The van der Waals surface area contributed by atoms with Gasteiger partial charge in [-0.25, -0.2) is 0 Å². The van der Waals surface area contributed by atoms with Crippen LogP contribution in [0.3, 0.4) is 0 Å². The van der Waals surface area contributed by atoms with E-state index in [2.05, 4.69) is 10.2 Å². The molecule has 1 fully saturated rings. The van der Waals surface area contributed by atoms with Crippen LogP contribution < -0.4 is 20.5 Å². The van der Waals surface area contributed by atoms with Gasteiger partial charge in [0.15, 0.2) is 0 Å². The number of benzene rings is 1. The summed E-state index contributed by atoms with van der Waals surface area (Å²) in [5, 5.41) is 2.88. The van der Waals surface area contributed by atoms with E-state index < -0.39 is 0 Å². The maximum Gasteiger partial charge on any atom is 0.237 e. The molecule has 1 aromatic carbocycles. The molecule has 122 valence electrons. The van der Waals surface area contributed by atoms with Gasteiger partial charge in [0.05, 0.1) is 25.8 Å². The van der Waals surface area contributed by atoms with Gasteiger partial charge >= 0.3 is 0 Å². The van der Waals surface area contributed by atoms with E-state index in [0.717, 1.165) is 17.1 Å². The minimum absolute atomic E-state index is 0.00769. The highest BCUT2D eigenvalue weighted by atomic mass is 16.5. The van der Waals surface area contributed by atoms with Gasteiger partial charge in [-0.3, -0.25) is 9.69 Å². The van der Waals surface area contributed by atoms with Crippen LogP contribution in [0, 0.1) is 0 Å². The third kappa shape index (κ3) is 3.51. The predicted molar refractivity (Wildman–Crippen MR) is 85.0 cm³/mol. The lowest BCUT2D eigenvalue weighted by atomic mass is 10.1. The van der Waals surface area contributed by atoms with Crippen LogP contribution in [0.1, 0.15) is 18.9 Å². The molecule has 0 saturated carbocycles. The fourth-order valence-electron chi connectivity index (χ4n) is 2.97. The summed E-state index contributed by atoms with van der Waals surface area (Å²) in [6, 6.07) is 5.49. The zero-order valence-corrected chi connectivity index (χ0v) is 13.5. The van der Waals surface area contributed by atoms with E-state index in [-0.39, 0.29) is 18.0 Å². The lowest BCUT2D eigenvalue weighted by molar-refractivity contribution is -0.125. The number of ether oxygens (including phenoxy) is 2. The SMILES string of the molecule is CCNC(=O)[C@@H]1C[C@H](N)CN1Cc1c(OC)cccc1OC. The highest BCUT2D eigenvalue weighted by Crippen LogP contribution is 2.31. The number of rotatable bonds is 6. The van der Waals surface area contributed by atoms with Gasteiger partial charge in [-0.2, -0.15) is 0 Å². The van der Waals surface area contributed by atoms with Crippen molar-refractivity contribution in [3.63, 3.8) is 0 Å². The van der Waals surface area contributed by atoms with Gasteiger partial charge in [0.1, 0.15) is 11.5 Å². The van der Waals surface area contributed by atoms with Gasteiger partial charge in [-0.15, -0.1) is 0 Å². The monoisotopic (exact) mass is 307 g/mol. The zero-order chi connectivity index (χ0) is 16.1. The zero-order valence-electron chi connectivity index (χ0n) is 13.5. The Balaban J connectivity index is 2.23. The molecular weight excluding hydrogens is 282 g/mol. The molecule has 0 spiro atoms. The Kier molecular flexibility index (Phi) is 5.63. The average Bonchev–Trinajstić information content (AvgIpc) is 2.88. The first-order valence-corrected chi connectivity index (χ1v) is 7.57. The minimum Gasteiger partial charge on any atom is -0.496 e. The van der Waals surface area contributed by atoms with E-state index in [0.29, 0.717) is 26.1 Å². The van der Waals surface area contributed by atoms with Crippen molar-refractivity contribution < 1.29 is 14.3 Å². The molecule has 1 heterocycles. The molecule has 1 saturated heterocycles. The number of amides is 1. The van der Waals surface area contributed by atoms with Crippen molar-refractivity contribution in [2.45, 2.75) is 32.0 Å². The van der Waals surface area contributed by atoms with Crippen molar-refractivity contribution >= 4 is 5.91 Å². The molecule has 1 aliphatic rings. The molecule has 2 rings (SSSR count). The van der Waals surface area contributed by atoms with Crippen LogP contribution in [-0.2, 0) is 11.3 Å². The van der Waals surface area contributed by atoms with Crippen molar-refractivity contribution in [2.75, 3.05) is 27.3 Å². The van der Waals surface area contributed by atoms with Gasteiger partial charge in [0, 0.05) is 25.7 Å². The molecular formula is C16H25N3O3. The number of methoxy groups -OCH3 is 2. The molecule has 1 aliphatic heterocycles. The second-order valence-electron chi connectivity index (χ2n) is 5.48.